The standard InChI is InChI=1S/C26H21Cl2N5O/c1-26(2,3)25-32-23-20(24(34)33-25)11-19(14-4-7-17(27)8-5-14)22(31-23)18-9-6-15(10-21(18)28)16-12-29-30-13-16/h4-13H,1-3H3,(H,29,30)(H,31,32,33,34). The van der Waals surface area contributed by atoms with E-state index in [1.165, 1.54) is 0 Å². The second-order valence-corrected chi connectivity index (χ2v) is 9.95. The minimum Gasteiger partial charge on any atom is -0.309 e. The first-order valence-corrected chi connectivity index (χ1v) is 11.5. The molecule has 0 spiro atoms. The van der Waals surface area contributed by atoms with Gasteiger partial charge in [0.15, 0.2) is 5.65 Å². The molecule has 0 radical (unpaired) electrons. The second kappa shape index (κ2) is 8.38. The zero-order valence-corrected chi connectivity index (χ0v) is 20.3. The van der Waals surface area contributed by atoms with Gasteiger partial charge in [0.05, 0.1) is 22.3 Å². The number of hydrogen-bond donors (Lipinski definition) is 2. The second-order valence-electron chi connectivity index (χ2n) is 9.11. The number of aromatic nitrogens is 5. The Balaban J connectivity index is 1.78. The number of pyridine rings is 1. The van der Waals surface area contributed by atoms with Crippen LogP contribution >= 0.6 is 23.2 Å². The fourth-order valence-corrected chi connectivity index (χ4v) is 4.17. The Bertz CT molecular complexity index is 1570. The summed E-state index contributed by atoms with van der Waals surface area (Å²) in [5, 5.41) is 8.38. The minimum atomic E-state index is -0.339. The highest BCUT2D eigenvalue weighted by Crippen LogP contribution is 2.38. The van der Waals surface area contributed by atoms with Crippen molar-refractivity contribution in [3.05, 3.63) is 87.1 Å². The molecule has 2 aromatic carbocycles. The number of benzene rings is 2. The highest BCUT2D eigenvalue weighted by molar-refractivity contribution is 6.33. The van der Waals surface area contributed by atoms with E-state index in [9.17, 15) is 4.79 Å². The van der Waals surface area contributed by atoms with E-state index >= 15 is 0 Å². The summed E-state index contributed by atoms with van der Waals surface area (Å²) in [7, 11) is 0. The van der Waals surface area contributed by atoms with Crippen LogP contribution in [0, 0.1) is 0 Å². The number of aromatic amines is 2. The number of hydrogen-bond acceptors (Lipinski definition) is 4. The summed E-state index contributed by atoms with van der Waals surface area (Å²) in [6, 6.07) is 15.0. The summed E-state index contributed by atoms with van der Waals surface area (Å²) >= 11 is 12.9. The van der Waals surface area contributed by atoms with E-state index < -0.39 is 0 Å². The molecule has 3 heterocycles. The summed E-state index contributed by atoms with van der Waals surface area (Å²) in [4.78, 5) is 25.4. The topological polar surface area (TPSA) is 87.3 Å². The molecule has 0 saturated heterocycles. The molecular formula is C26H21Cl2N5O. The Morgan fingerprint density at radius 1 is 0.853 bits per heavy atom. The lowest BCUT2D eigenvalue weighted by atomic mass is 9.95. The molecule has 5 aromatic rings. The normalized spacial score (nSPS) is 11.8. The first-order chi connectivity index (χ1) is 16.2. The van der Waals surface area contributed by atoms with E-state index in [2.05, 4.69) is 20.2 Å². The first-order valence-electron chi connectivity index (χ1n) is 10.7. The maximum Gasteiger partial charge on any atom is 0.260 e. The molecule has 170 valence electrons. The zero-order chi connectivity index (χ0) is 24.0. The van der Waals surface area contributed by atoms with E-state index in [0.29, 0.717) is 32.6 Å². The minimum absolute atomic E-state index is 0.231. The highest BCUT2D eigenvalue weighted by atomic mass is 35.5. The third kappa shape index (κ3) is 4.11. The van der Waals surface area contributed by atoms with Crippen LogP contribution in [0.25, 0.3) is 44.5 Å². The first kappa shape index (κ1) is 22.3. The Hall–Kier alpha value is -3.48. The van der Waals surface area contributed by atoms with Crippen LogP contribution in [0.1, 0.15) is 26.6 Å². The molecule has 3 aromatic heterocycles. The van der Waals surface area contributed by atoms with Gasteiger partial charge in [-0.3, -0.25) is 9.89 Å². The van der Waals surface area contributed by atoms with Crippen molar-refractivity contribution in [2.45, 2.75) is 26.2 Å². The average Bonchev–Trinajstić information content (AvgIpc) is 3.33. The van der Waals surface area contributed by atoms with E-state index in [1.807, 2.05) is 63.4 Å². The van der Waals surface area contributed by atoms with Crippen molar-refractivity contribution in [3.8, 4) is 33.5 Å². The fraction of sp³-hybridized carbons (Fsp3) is 0.154. The van der Waals surface area contributed by atoms with Crippen molar-refractivity contribution in [1.29, 1.82) is 0 Å². The number of nitrogens with zero attached hydrogens (tertiary/aromatic N) is 3. The summed E-state index contributed by atoms with van der Waals surface area (Å²) in [6.07, 6.45) is 3.55. The molecule has 0 aliphatic rings. The third-order valence-corrected chi connectivity index (χ3v) is 6.18. The lowest BCUT2D eigenvalue weighted by Crippen LogP contribution is -2.22. The van der Waals surface area contributed by atoms with Gasteiger partial charge >= 0.3 is 0 Å². The quantitative estimate of drug-likeness (QED) is 0.297. The van der Waals surface area contributed by atoms with Gasteiger partial charge in [0.1, 0.15) is 5.82 Å². The molecule has 0 aliphatic carbocycles. The smallest absolute Gasteiger partial charge is 0.260 e. The van der Waals surface area contributed by atoms with Crippen molar-refractivity contribution in [3.63, 3.8) is 0 Å². The van der Waals surface area contributed by atoms with Gasteiger partial charge in [-0.15, -0.1) is 0 Å². The summed E-state index contributed by atoms with van der Waals surface area (Å²) in [6.45, 7) is 5.97. The lowest BCUT2D eigenvalue weighted by Gasteiger charge is -2.18. The summed E-state index contributed by atoms with van der Waals surface area (Å²) in [5.41, 5.74) is 4.66. The van der Waals surface area contributed by atoms with Gasteiger partial charge in [-0.05, 0) is 35.4 Å². The van der Waals surface area contributed by atoms with Crippen LogP contribution in [0.5, 0.6) is 0 Å². The molecule has 0 unspecified atom stereocenters. The van der Waals surface area contributed by atoms with Crippen molar-refractivity contribution < 1.29 is 0 Å². The maximum atomic E-state index is 13.0. The molecule has 0 amide bonds. The van der Waals surface area contributed by atoms with Gasteiger partial charge in [0, 0.05) is 33.3 Å². The van der Waals surface area contributed by atoms with Gasteiger partial charge in [-0.1, -0.05) is 68.2 Å². The van der Waals surface area contributed by atoms with Crippen LogP contribution in [0.3, 0.4) is 0 Å². The van der Waals surface area contributed by atoms with Crippen LogP contribution in [0.4, 0.5) is 0 Å². The van der Waals surface area contributed by atoms with Gasteiger partial charge in [-0.25, -0.2) is 9.97 Å². The Morgan fingerprint density at radius 2 is 1.59 bits per heavy atom. The van der Waals surface area contributed by atoms with E-state index in [-0.39, 0.29) is 11.0 Å². The van der Waals surface area contributed by atoms with Crippen LogP contribution in [0.15, 0.2) is 65.7 Å². The third-order valence-electron chi connectivity index (χ3n) is 5.62. The van der Waals surface area contributed by atoms with Crippen LogP contribution in [-0.2, 0) is 5.41 Å². The van der Waals surface area contributed by atoms with E-state index in [0.717, 1.165) is 27.8 Å². The Kier molecular flexibility index (Phi) is 5.50. The predicted octanol–water partition coefficient (Wildman–Crippen LogP) is 6.65. The van der Waals surface area contributed by atoms with E-state index in [4.69, 9.17) is 28.2 Å². The molecule has 34 heavy (non-hydrogen) atoms. The lowest BCUT2D eigenvalue weighted by molar-refractivity contribution is 0.545. The fourth-order valence-electron chi connectivity index (χ4n) is 3.77. The molecule has 0 bridgehead atoms. The van der Waals surface area contributed by atoms with Crippen molar-refractivity contribution in [2.24, 2.45) is 0 Å². The molecule has 2 N–H and O–H groups in total. The molecule has 6 nitrogen and oxygen atoms in total. The van der Waals surface area contributed by atoms with E-state index in [1.54, 1.807) is 18.3 Å². The largest absolute Gasteiger partial charge is 0.309 e. The van der Waals surface area contributed by atoms with Crippen molar-refractivity contribution >= 4 is 34.2 Å². The van der Waals surface area contributed by atoms with Crippen LogP contribution < -0.4 is 5.56 Å². The Labute approximate surface area is 206 Å². The van der Waals surface area contributed by atoms with Gasteiger partial charge < -0.3 is 4.98 Å². The molecule has 5 rings (SSSR count). The van der Waals surface area contributed by atoms with Crippen LogP contribution in [-0.4, -0.2) is 25.1 Å². The molecule has 0 atom stereocenters. The van der Waals surface area contributed by atoms with Crippen molar-refractivity contribution in [2.75, 3.05) is 0 Å². The SMILES string of the molecule is CC(C)(C)c1nc2nc(-c3ccc(-c4cn[nH]c4)cc3Cl)c(-c3ccc(Cl)cc3)cc2c(=O)[nH]1. The summed E-state index contributed by atoms with van der Waals surface area (Å²) < 4.78 is 0. The van der Waals surface area contributed by atoms with Crippen molar-refractivity contribution in [1.82, 2.24) is 25.1 Å². The molecule has 0 fully saturated rings. The molecular weight excluding hydrogens is 469 g/mol. The molecule has 0 aliphatic heterocycles. The van der Waals surface area contributed by atoms with Crippen LogP contribution in [0.2, 0.25) is 10.0 Å². The molecule has 8 heteroatoms. The zero-order valence-electron chi connectivity index (χ0n) is 18.8. The van der Waals surface area contributed by atoms with Gasteiger partial charge in [-0.2, -0.15) is 5.10 Å². The number of halogens is 2. The van der Waals surface area contributed by atoms with Gasteiger partial charge in [0.2, 0.25) is 0 Å². The maximum absolute atomic E-state index is 13.0. The van der Waals surface area contributed by atoms with Gasteiger partial charge in [0.25, 0.3) is 5.56 Å². The number of fused-ring (bicyclic) bond motifs is 1. The Morgan fingerprint density at radius 3 is 2.24 bits per heavy atom. The number of H-pyrrole nitrogens is 2. The highest BCUT2D eigenvalue weighted by Gasteiger charge is 2.21. The predicted molar refractivity (Wildman–Crippen MR) is 137 cm³/mol. The average molecular weight is 490 g/mol. The number of rotatable bonds is 3. The molecule has 0 saturated carbocycles. The number of nitrogens with one attached hydrogen (secondary N) is 2. The summed E-state index contributed by atoms with van der Waals surface area (Å²) in [5.74, 6) is 0.573. The monoisotopic (exact) mass is 489 g/mol.